The van der Waals surface area contributed by atoms with Gasteiger partial charge >= 0.3 is 0 Å². The summed E-state index contributed by atoms with van der Waals surface area (Å²) in [7, 11) is 0. The van der Waals surface area contributed by atoms with Crippen molar-refractivity contribution in [1.29, 1.82) is 0 Å². The number of benzene rings is 1. The Kier molecular flexibility index (Phi) is 4.77. The van der Waals surface area contributed by atoms with Crippen LogP contribution in [0.1, 0.15) is 35.7 Å². The van der Waals surface area contributed by atoms with Crippen molar-refractivity contribution in [3.8, 4) is 0 Å². The first-order valence-electron chi connectivity index (χ1n) is 6.62. The van der Waals surface area contributed by atoms with E-state index in [4.69, 9.17) is 5.84 Å². The SMILES string of the molecule is CCC1CC(=O)N(Cc2ccc(C(=O)NN)cc2Br)C1. The van der Waals surface area contributed by atoms with Gasteiger partial charge in [0.15, 0.2) is 0 Å². The van der Waals surface area contributed by atoms with E-state index in [1.807, 2.05) is 11.0 Å². The molecule has 1 saturated heterocycles. The number of nitrogen functional groups attached to an aromatic ring is 1. The van der Waals surface area contributed by atoms with Crippen molar-refractivity contribution in [3.63, 3.8) is 0 Å². The monoisotopic (exact) mass is 339 g/mol. The van der Waals surface area contributed by atoms with Crippen LogP contribution in [0.25, 0.3) is 0 Å². The van der Waals surface area contributed by atoms with Crippen molar-refractivity contribution in [3.05, 3.63) is 33.8 Å². The maximum Gasteiger partial charge on any atom is 0.265 e. The summed E-state index contributed by atoms with van der Waals surface area (Å²) >= 11 is 3.45. The summed E-state index contributed by atoms with van der Waals surface area (Å²) in [6.07, 6.45) is 1.67. The van der Waals surface area contributed by atoms with Crippen LogP contribution in [-0.2, 0) is 11.3 Å². The summed E-state index contributed by atoms with van der Waals surface area (Å²) in [6, 6.07) is 5.27. The average Bonchev–Trinajstić information content (AvgIpc) is 2.80. The number of nitrogens with two attached hydrogens (primary N) is 1. The van der Waals surface area contributed by atoms with Crippen molar-refractivity contribution in [2.45, 2.75) is 26.3 Å². The lowest BCUT2D eigenvalue weighted by atomic mass is 10.1. The topological polar surface area (TPSA) is 75.4 Å². The van der Waals surface area contributed by atoms with E-state index < -0.39 is 0 Å². The van der Waals surface area contributed by atoms with Gasteiger partial charge in [-0.15, -0.1) is 0 Å². The second-order valence-electron chi connectivity index (χ2n) is 5.03. The van der Waals surface area contributed by atoms with Gasteiger partial charge < -0.3 is 4.90 Å². The number of carbonyl (C=O) groups is 2. The lowest BCUT2D eigenvalue weighted by Crippen LogP contribution is -2.30. The normalized spacial score (nSPS) is 18.4. The van der Waals surface area contributed by atoms with Gasteiger partial charge in [-0.25, -0.2) is 5.84 Å². The molecule has 2 amide bonds. The fourth-order valence-electron chi connectivity index (χ4n) is 2.39. The van der Waals surface area contributed by atoms with Crippen LogP contribution in [0.4, 0.5) is 0 Å². The molecule has 5 nitrogen and oxygen atoms in total. The number of rotatable bonds is 4. The highest BCUT2D eigenvalue weighted by molar-refractivity contribution is 9.10. The molecule has 1 aromatic rings. The first-order valence-corrected chi connectivity index (χ1v) is 7.41. The zero-order valence-corrected chi connectivity index (χ0v) is 12.9. The van der Waals surface area contributed by atoms with Gasteiger partial charge in [-0.3, -0.25) is 15.0 Å². The Morgan fingerprint density at radius 2 is 2.30 bits per heavy atom. The van der Waals surface area contributed by atoms with E-state index in [1.165, 1.54) is 0 Å². The summed E-state index contributed by atoms with van der Waals surface area (Å²) in [5.74, 6) is 5.44. The van der Waals surface area contributed by atoms with Gasteiger partial charge in [-0.1, -0.05) is 35.3 Å². The van der Waals surface area contributed by atoms with Crippen molar-refractivity contribution in [2.24, 2.45) is 11.8 Å². The van der Waals surface area contributed by atoms with Gasteiger partial charge in [-0.05, 0) is 23.6 Å². The number of hydrogen-bond acceptors (Lipinski definition) is 3. The molecule has 0 aromatic heterocycles. The molecular formula is C14H18BrN3O2. The summed E-state index contributed by atoms with van der Waals surface area (Å²) in [5.41, 5.74) is 3.57. The standard InChI is InChI=1S/C14H18BrN3O2/c1-2-9-5-13(19)18(7-9)8-11-4-3-10(6-12(11)15)14(20)17-16/h3-4,6,9H,2,5,7-8,16H2,1H3,(H,17,20). The van der Waals surface area contributed by atoms with E-state index in [-0.39, 0.29) is 11.8 Å². The molecule has 1 heterocycles. The molecule has 3 N–H and O–H groups in total. The smallest absolute Gasteiger partial charge is 0.265 e. The fraction of sp³-hybridized carbons (Fsp3) is 0.429. The van der Waals surface area contributed by atoms with Crippen LogP contribution in [0, 0.1) is 5.92 Å². The Bertz CT molecular complexity index is 533. The number of halogens is 1. The molecule has 0 aliphatic carbocycles. The predicted octanol–water partition coefficient (Wildman–Crippen LogP) is 1.81. The highest BCUT2D eigenvalue weighted by Crippen LogP contribution is 2.26. The third-order valence-electron chi connectivity index (χ3n) is 3.68. The number of nitrogens with zero attached hydrogens (tertiary/aromatic N) is 1. The van der Waals surface area contributed by atoms with Gasteiger partial charge in [0.05, 0.1) is 0 Å². The van der Waals surface area contributed by atoms with Crippen LogP contribution in [0.5, 0.6) is 0 Å². The molecule has 0 radical (unpaired) electrons. The van der Waals surface area contributed by atoms with E-state index in [1.54, 1.807) is 12.1 Å². The first-order chi connectivity index (χ1) is 9.55. The molecule has 2 rings (SSSR count). The Morgan fingerprint density at radius 1 is 1.55 bits per heavy atom. The van der Waals surface area contributed by atoms with Gasteiger partial charge in [0.2, 0.25) is 5.91 Å². The quantitative estimate of drug-likeness (QED) is 0.499. The van der Waals surface area contributed by atoms with Gasteiger partial charge in [0.25, 0.3) is 5.91 Å². The summed E-state index contributed by atoms with van der Waals surface area (Å²) in [4.78, 5) is 25.2. The molecule has 1 aliphatic rings. The van der Waals surface area contributed by atoms with Crippen molar-refractivity contribution in [2.75, 3.05) is 6.54 Å². The van der Waals surface area contributed by atoms with E-state index in [9.17, 15) is 9.59 Å². The minimum absolute atomic E-state index is 0.201. The summed E-state index contributed by atoms with van der Waals surface area (Å²) in [5, 5.41) is 0. The molecule has 0 bridgehead atoms. The second kappa shape index (κ2) is 6.37. The van der Waals surface area contributed by atoms with E-state index in [0.29, 0.717) is 24.4 Å². The predicted molar refractivity (Wildman–Crippen MR) is 79.6 cm³/mol. The molecule has 108 valence electrons. The summed E-state index contributed by atoms with van der Waals surface area (Å²) < 4.78 is 0.811. The lowest BCUT2D eigenvalue weighted by Gasteiger charge is -2.17. The highest BCUT2D eigenvalue weighted by atomic mass is 79.9. The molecule has 0 saturated carbocycles. The van der Waals surface area contributed by atoms with Gasteiger partial charge in [0.1, 0.15) is 0 Å². The number of carbonyl (C=O) groups excluding carboxylic acids is 2. The largest absolute Gasteiger partial charge is 0.338 e. The molecule has 0 spiro atoms. The number of nitrogens with one attached hydrogen (secondary N) is 1. The Hall–Kier alpha value is -1.40. The number of likely N-dealkylation sites (tertiary alicyclic amines) is 1. The Labute approximate surface area is 126 Å². The van der Waals surface area contributed by atoms with Crippen LogP contribution in [0.2, 0.25) is 0 Å². The molecular weight excluding hydrogens is 322 g/mol. The molecule has 20 heavy (non-hydrogen) atoms. The average molecular weight is 340 g/mol. The minimum Gasteiger partial charge on any atom is -0.338 e. The van der Waals surface area contributed by atoms with Crippen molar-refractivity contribution >= 4 is 27.7 Å². The number of hydrogen-bond donors (Lipinski definition) is 2. The molecule has 6 heteroatoms. The maximum absolute atomic E-state index is 11.9. The second-order valence-corrected chi connectivity index (χ2v) is 5.89. The third kappa shape index (κ3) is 3.19. The zero-order chi connectivity index (χ0) is 14.7. The number of hydrazine groups is 1. The van der Waals surface area contributed by atoms with Crippen molar-refractivity contribution < 1.29 is 9.59 Å². The molecule has 1 atom stereocenters. The zero-order valence-electron chi connectivity index (χ0n) is 11.4. The van der Waals surface area contributed by atoms with Gasteiger partial charge in [-0.2, -0.15) is 0 Å². The first kappa shape index (κ1) is 15.0. The summed E-state index contributed by atoms with van der Waals surface area (Å²) in [6.45, 7) is 3.49. The Balaban J connectivity index is 2.11. The minimum atomic E-state index is -0.333. The van der Waals surface area contributed by atoms with Crippen LogP contribution >= 0.6 is 15.9 Å². The molecule has 1 aliphatic heterocycles. The van der Waals surface area contributed by atoms with E-state index >= 15 is 0 Å². The van der Waals surface area contributed by atoms with E-state index in [2.05, 4.69) is 28.3 Å². The van der Waals surface area contributed by atoms with Crippen LogP contribution in [0.15, 0.2) is 22.7 Å². The van der Waals surface area contributed by atoms with Crippen LogP contribution in [0.3, 0.4) is 0 Å². The third-order valence-corrected chi connectivity index (χ3v) is 4.42. The highest BCUT2D eigenvalue weighted by Gasteiger charge is 2.28. The van der Waals surface area contributed by atoms with Crippen LogP contribution < -0.4 is 11.3 Å². The fourth-order valence-corrected chi connectivity index (χ4v) is 2.89. The molecule has 1 aromatic carbocycles. The molecule has 1 fully saturated rings. The number of amides is 2. The van der Waals surface area contributed by atoms with Crippen LogP contribution in [-0.4, -0.2) is 23.3 Å². The Morgan fingerprint density at radius 3 is 2.85 bits per heavy atom. The van der Waals surface area contributed by atoms with E-state index in [0.717, 1.165) is 23.0 Å². The molecule has 1 unspecified atom stereocenters. The van der Waals surface area contributed by atoms with Crippen molar-refractivity contribution in [1.82, 2.24) is 10.3 Å². The van der Waals surface area contributed by atoms with Gasteiger partial charge in [0, 0.05) is 29.5 Å². The maximum atomic E-state index is 11.9. The lowest BCUT2D eigenvalue weighted by molar-refractivity contribution is -0.128.